The number of carbonyl (C=O) groups is 2. The van der Waals surface area contributed by atoms with Gasteiger partial charge in [-0.2, -0.15) is 0 Å². The fraction of sp³-hybridized carbons (Fsp3) is 0.353. The van der Waals surface area contributed by atoms with Crippen LogP contribution in [0.25, 0.3) is 0 Å². The van der Waals surface area contributed by atoms with Crippen LogP contribution in [0, 0.1) is 0 Å². The van der Waals surface area contributed by atoms with Gasteiger partial charge in [0.1, 0.15) is 12.1 Å². The van der Waals surface area contributed by atoms with E-state index in [1.54, 1.807) is 30.3 Å². The predicted octanol–water partition coefficient (Wildman–Crippen LogP) is 2.28. The molecule has 8 heteroatoms. The number of imidazole rings is 1. The van der Waals surface area contributed by atoms with Gasteiger partial charge >= 0.3 is 12.0 Å². The van der Waals surface area contributed by atoms with Crippen molar-refractivity contribution in [2.24, 2.45) is 0 Å². The largest absolute Gasteiger partial charge is 0.467 e. The lowest BCUT2D eigenvalue weighted by atomic mass is 9.96. The molecule has 0 saturated carbocycles. The van der Waals surface area contributed by atoms with Crippen LogP contribution in [0.3, 0.4) is 0 Å². The van der Waals surface area contributed by atoms with Crippen molar-refractivity contribution < 1.29 is 14.3 Å². The van der Waals surface area contributed by atoms with Crippen LogP contribution in [-0.2, 0) is 16.0 Å². The first-order valence-electron chi connectivity index (χ1n) is 7.94. The zero-order valence-corrected chi connectivity index (χ0v) is 14.7. The third-order valence-electron chi connectivity index (χ3n) is 4.27. The Morgan fingerprint density at radius 1 is 1.40 bits per heavy atom. The number of hydrogen-bond acceptors (Lipinski definition) is 4. The van der Waals surface area contributed by atoms with Crippen molar-refractivity contribution in [3.05, 3.63) is 52.6 Å². The van der Waals surface area contributed by atoms with Crippen molar-refractivity contribution in [1.29, 1.82) is 0 Å². The summed E-state index contributed by atoms with van der Waals surface area (Å²) >= 11 is 5.98. The van der Waals surface area contributed by atoms with E-state index in [1.807, 2.05) is 12.1 Å². The second-order valence-corrected chi connectivity index (χ2v) is 6.29. The summed E-state index contributed by atoms with van der Waals surface area (Å²) in [5.74, 6) is -0.492. The molecule has 0 unspecified atom stereocenters. The van der Waals surface area contributed by atoms with Gasteiger partial charge in [0, 0.05) is 23.7 Å². The number of nitrogens with one attached hydrogen (secondary N) is 2. The third-order valence-corrected chi connectivity index (χ3v) is 4.52. The van der Waals surface area contributed by atoms with E-state index in [1.165, 1.54) is 7.11 Å². The number of halogens is 1. The Kier molecular flexibility index (Phi) is 4.94. The number of rotatable bonds is 3. The average molecular weight is 363 g/mol. The zero-order chi connectivity index (χ0) is 18.0. The monoisotopic (exact) mass is 362 g/mol. The van der Waals surface area contributed by atoms with E-state index < -0.39 is 12.0 Å². The van der Waals surface area contributed by atoms with E-state index >= 15 is 0 Å². The fourth-order valence-corrected chi connectivity index (χ4v) is 3.11. The molecule has 2 amide bonds. The minimum absolute atomic E-state index is 0.341. The van der Waals surface area contributed by atoms with Gasteiger partial charge in [-0.05, 0) is 24.6 Å². The number of aromatic nitrogens is 2. The zero-order valence-electron chi connectivity index (χ0n) is 14.0. The Balaban J connectivity index is 1.90. The molecular weight excluding hydrogens is 344 g/mol. The quantitative estimate of drug-likeness (QED) is 0.820. The summed E-state index contributed by atoms with van der Waals surface area (Å²) in [6.45, 7) is 2.09. The smallest absolute Gasteiger partial charge is 0.328 e. The highest BCUT2D eigenvalue weighted by molar-refractivity contribution is 6.30. The fourth-order valence-electron chi connectivity index (χ4n) is 2.98. The van der Waals surface area contributed by atoms with Crippen LogP contribution in [0.2, 0.25) is 5.02 Å². The van der Waals surface area contributed by atoms with Gasteiger partial charge in [0.05, 0.1) is 19.1 Å². The minimum atomic E-state index is -0.732. The Hall–Kier alpha value is -2.54. The van der Waals surface area contributed by atoms with Crippen LogP contribution in [0.15, 0.2) is 30.6 Å². The molecule has 0 fully saturated rings. The molecule has 0 radical (unpaired) electrons. The molecule has 3 rings (SSSR count). The van der Waals surface area contributed by atoms with Crippen LogP contribution in [0.1, 0.15) is 29.9 Å². The number of esters is 1. The van der Waals surface area contributed by atoms with Gasteiger partial charge in [0.25, 0.3) is 0 Å². The van der Waals surface area contributed by atoms with Crippen molar-refractivity contribution in [2.75, 3.05) is 13.7 Å². The van der Waals surface area contributed by atoms with E-state index in [4.69, 9.17) is 11.6 Å². The molecule has 2 N–H and O–H groups in total. The van der Waals surface area contributed by atoms with E-state index in [9.17, 15) is 9.59 Å². The van der Waals surface area contributed by atoms with Crippen molar-refractivity contribution in [3.63, 3.8) is 0 Å². The lowest BCUT2D eigenvalue weighted by molar-refractivity contribution is -0.142. The van der Waals surface area contributed by atoms with Crippen molar-refractivity contribution in [2.45, 2.75) is 25.4 Å². The van der Waals surface area contributed by atoms with Crippen molar-refractivity contribution in [1.82, 2.24) is 20.2 Å². The second kappa shape index (κ2) is 7.14. The van der Waals surface area contributed by atoms with Crippen molar-refractivity contribution >= 4 is 23.6 Å². The summed E-state index contributed by atoms with van der Waals surface area (Å²) in [6.07, 6.45) is 2.30. The Labute approximate surface area is 150 Å². The van der Waals surface area contributed by atoms with Crippen LogP contribution >= 0.6 is 11.6 Å². The first-order chi connectivity index (χ1) is 12.0. The number of hydrogen-bond donors (Lipinski definition) is 2. The SMILES string of the molecule is COC(=O)[C@H](C)NC(=O)N1CCc2[nH]cnc2[C@@H]1c1ccc(Cl)cc1. The third kappa shape index (κ3) is 3.46. The van der Waals surface area contributed by atoms with E-state index in [0.29, 0.717) is 18.0 Å². The molecule has 2 aromatic rings. The predicted molar refractivity (Wildman–Crippen MR) is 92.3 cm³/mol. The molecule has 1 aliphatic heterocycles. The summed E-state index contributed by atoms with van der Waals surface area (Å²) < 4.78 is 4.66. The molecule has 0 bridgehead atoms. The molecule has 1 aromatic heterocycles. The number of fused-ring (bicyclic) bond motifs is 1. The number of nitrogens with zero attached hydrogens (tertiary/aromatic N) is 2. The van der Waals surface area contributed by atoms with E-state index in [0.717, 1.165) is 17.0 Å². The molecule has 1 aromatic carbocycles. The number of ether oxygens (including phenoxy) is 1. The molecule has 0 aliphatic carbocycles. The lowest BCUT2D eigenvalue weighted by Crippen LogP contribution is -2.50. The van der Waals surface area contributed by atoms with E-state index in [-0.39, 0.29) is 12.1 Å². The van der Waals surface area contributed by atoms with Gasteiger partial charge in [0.2, 0.25) is 0 Å². The Morgan fingerprint density at radius 3 is 2.80 bits per heavy atom. The maximum Gasteiger partial charge on any atom is 0.328 e. The molecule has 25 heavy (non-hydrogen) atoms. The highest BCUT2D eigenvalue weighted by Gasteiger charge is 2.35. The number of benzene rings is 1. The average Bonchev–Trinajstić information content (AvgIpc) is 3.09. The first-order valence-corrected chi connectivity index (χ1v) is 8.31. The number of H-pyrrole nitrogens is 1. The molecule has 2 heterocycles. The summed E-state index contributed by atoms with van der Waals surface area (Å²) in [4.78, 5) is 33.5. The molecule has 0 saturated heterocycles. The van der Waals surface area contributed by atoms with Crippen LogP contribution in [0.5, 0.6) is 0 Å². The maximum absolute atomic E-state index is 12.8. The van der Waals surface area contributed by atoms with E-state index in [2.05, 4.69) is 20.0 Å². The highest BCUT2D eigenvalue weighted by Crippen LogP contribution is 2.33. The minimum Gasteiger partial charge on any atom is -0.467 e. The van der Waals surface area contributed by atoms with Gasteiger partial charge in [-0.1, -0.05) is 23.7 Å². The number of carbonyl (C=O) groups excluding carboxylic acids is 2. The van der Waals surface area contributed by atoms with Crippen molar-refractivity contribution in [3.8, 4) is 0 Å². The van der Waals surface area contributed by atoms with Crippen LogP contribution in [-0.4, -0.2) is 46.6 Å². The number of urea groups is 1. The topological polar surface area (TPSA) is 87.3 Å². The van der Waals surface area contributed by atoms with Crippen LogP contribution in [0.4, 0.5) is 4.79 Å². The standard InChI is InChI=1S/C17H19ClN4O3/c1-10(16(23)25-2)21-17(24)22-8-7-13-14(20-9-19-13)15(22)11-3-5-12(18)6-4-11/h3-6,9-10,15H,7-8H2,1-2H3,(H,19,20)(H,21,24)/t10-,15-/m0/s1. The number of aromatic amines is 1. The molecule has 132 valence electrons. The Morgan fingerprint density at radius 2 is 2.12 bits per heavy atom. The lowest BCUT2D eigenvalue weighted by Gasteiger charge is -2.35. The summed E-state index contributed by atoms with van der Waals surface area (Å²) in [5.41, 5.74) is 2.71. The molecule has 1 aliphatic rings. The number of methoxy groups -OCH3 is 1. The molecule has 2 atom stereocenters. The van der Waals surface area contributed by atoms with Gasteiger partial charge in [-0.15, -0.1) is 0 Å². The molecular formula is C17H19ClN4O3. The van der Waals surface area contributed by atoms with Gasteiger partial charge in [-0.25, -0.2) is 14.6 Å². The number of amides is 2. The molecule has 0 spiro atoms. The summed E-state index contributed by atoms with van der Waals surface area (Å²) in [7, 11) is 1.29. The maximum atomic E-state index is 12.8. The van der Waals surface area contributed by atoms with Gasteiger partial charge in [-0.3, -0.25) is 0 Å². The second-order valence-electron chi connectivity index (χ2n) is 5.86. The Bertz CT molecular complexity index is 774. The summed E-state index contributed by atoms with van der Waals surface area (Å²) in [6, 6.07) is 5.89. The van der Waals surface area contributed by atoms with Gasteiger partial charge < -0.3 is 19.9 Å². The summed E-state index contributed by atoms with van der Waals surface area (Å²) in [5, 5.41) is 3.31. The van der Waals surface area contributed by atoms with Gasteiger partial charge in [0.15, 0.2) is 0 Å². The molecule has 7 nitrogen and oxygen atoms in total. The highest BCUT2D eigenvalue weighted by atomic mass is 35.5. The normalized spacial score (nSPS) is 17.6. The first kappa shape index (κ1) is 17.3. The van der Waals surface area contributed by atoms with Crippen LogP contribution < -0.4 is 5.32 Å².